The molecule has 6 nitrogen and oxygen atoms in total. The van der Waals surface area contributed by atoms with Crippen LogP contribution in [0.15, 0.2) is 24.4 Å². The summed E-state index contributed by atoms with van der Waals surface area (Å²) in [5, 5.41) is 7.73. The molecule has 140 valence electrons. The molecule has 1 aliphatic rings. The Morgan fingerprint density at radius 3 is 2.81 bits per heavy atom. The lowest BCUT2D eigenvalue weighted by atomic mass is 9.92. The van der Waals surface area contributed by atoms with Crippen molar-refractivity contribution in [1.82, 2.24) is 15.1 Å². The van der Waals surface area contributed by atoms with Gasteiger partial charge in [-0.25, -0.2) is 0 Å². The quantitative estimate of drug-likeness (QED) is 0.840. The van der Waals surface area contributed by atoms with Gasteiger partial charge < -0.3 is 14.8 Å². The monoisotopic (exact) mass is 377 g/mol. The molecule has 0 fully saturated rings. The number of nitrogens with zero attached hydrogens (tertiary/aromatic N) is 2. The number of ether oxygens (including phenoxy) is 2. The van der Waals surface area contributed by atoms with E-state index in [2.05, 4.69) is 24.3 Å². The number of rotatable bonds is 6. The van der Waals surface area contributed by atoms with Gasteiger partial charge in [0.25, 0.3) is 0 Å². The molecule has 0 bridgehead atoms. The Morgan fingerprint density at radius 1 is 1.35 bits per heavy atom. The standard InChI is InChI=1S/C19H24ClN3O3/c1-12(2)14(16-4-5-22-23(16)3)11-21-18(24)10-13-8-15(20)19-17(9-13)25-6-7-26-19/h4-5,8-9,12,14H,6-7,10-11H2,1-3H3,(H,21,24)/t14-/m1/s1. The van der Waals surface area contributed by atoms with Gasteiger partial charge in [0.15, 0.2) is 11.5 Å². The molecule has 0 saturated carbocycles. The molecular weight excluding hydrogens is 354 g/mol. The van der Waals surface area contributed by atoms with E-state index in [0.717, 1.165) is 11.3 Å². The summed E-state index contributed by atoms with van der Waals surface area (Å²) in [5.74, 6) is 1.69. The van der Waals surface area contributed by atoms with Gasteiger partial charge in [-0.2, -0.15) is 5.10 Å². The molecule has 26 heavy (non-hydrogen) atoms. The van der Waals surface area contributed by atoms with Crippen LogP contribution in [0, 0.1) is 5.92 Å². The van der Waals surface area contributed by atoms with Gasteiger partial charge in [0.2, 0.25) is 5.91 Å². The second-order valence-corrected chi connectivity index (χ2v) is 7.22. The van der Waals surface area contributed by atoms with E-state index in [4.69, 9.17) is 21.1 Å². The molecule has 3 rings (SSSR count). The maximum absolute atomic E-state index is 12.4. The molecular formula is C19H24ClN3O3. The van der Waals surface area contributed by atoms with E-state index < -0.39 is 0 Å². The second-order valence-electron chi connectivity index (χ2n) is 6.81. The maximum atomic E-state index is 12.4. The third-order valence-electron chi connectivity index (χ3n) is 4.58. The minimum atomic E-state index is -0.0504. The Labute approximate surface area is 158 Å². The summed E-state index contributed by atoms with van der Waals surface area (Å²) in [4.78, 5) is 12.4. The number of nitrogens with one attached hydrogen (secondary N) is 1. The molecule has 7 heteroatoms. The van der Waals surface area contributed by atoms with Gasteiger partial charge in [-0.1, -0.05) is 25.4 Å². The van der Waals surface area contributed by atoms with Gasteiger partial charge in [0.1, 0.15) is 13.2 Å². The zero-order valence-electron chi connectivity index (χ0n) is 15.3. The molecule has 0 aliphatic carbocycles. The summed E-state index contributed by atoms with van der Waals surface area (Å²) in [6.07, 6.45) is 2.02. The highest BCUT2D eigenvalue weighted by atomic mass is 35.5. The van der Waals surface area contributed by atoms with Crippen molar-refractivity contribution in [1.29, 1.82) is 0 Å². The number of amides is 1. The van der Waals surface area contributed by atoms with Crippen molar-refractivity contribution in [3.63, 3.8) is 0 Å². The van der Waals surface area contributed by atoms with Crippen molar-refractivity contribution in [2.75, 3.05) is 19.8 Å². The molecule has 0 unspecified atom stereocenters. The first kappa shape index (κ1) is 18.6. The summed E-state index contributed by atoms with van der Waals surface area (Å²) in [7, 11) is 1.92. The van der Waals surface area contributed by atoms with Crippen molar-refractivity contribution >= 4 is 17.5 Å². The van der Waals surface area contributed by atoms with E-state index in [1.54, 1.807) is 12.3 Å². The SMILES string of the molecule is CC(C)[C@@H](CNC(=O)Cc1cc(Cl)c2c(c1)OCCO2)c1ccnn1C. The molecule has 0 saturated heterocycles. The van der Waals surface area contributed by atoms with Crippen LogP contribution in [0.5, 0.6) is 11.5 Å². The number of fused-ring (bicyclic) bond motifs is 1. The van der Waals surface area contributed by atoms with E-state index in [9.17, 15) is 4.79 Å². The Kier molecular flexibility index (Phi) is 5.71. The predicted molar refractivity (Wildman–Crippen MR) is 99.9 cm³/mol. The average Bonchev–Trinajstić information content (AvgIpc) is 3.01. The highest BCUT2D eigenvalue weighted by Crippen LogP contribution is 2.38. The smallest absolute Gasteiger partial charge is 0.224 e. The number of carbonyl (C=O) groups is 1. The fourth-order valence-electron chi connectivity index (χ4n) is 3.17. The molecule has 2 heterocycles. The number of hydrogen-bond acceptors (Lipinski definition) is 4. The maximum Gasteiger partial charge on any atom is 0.224 e. The van der Waals surface area contributed by atoms with Gasteiger partial charge in [-0.15, -0.1) is 0 Å². The molecule has 1 aromatic heterocycles. The first-order valence-electron chi connectivity index (χ1n) is 8.78. The summed E-state index contributed by atoms with van der Waals surface area (Å²) in [5.41, 5.74) is 1.92. The van der Waals surface area contributed by atoms with Crippen LogP contribution in [0.2, 0.25) is 5.02 Å². The highest BCUT2D eigenvalue weighted by molar-refractivity contribution is 6.32. The minimum absolute atomic E-state index is 0.0504. The Bertz CT molecular complexity index is 788. The highest BCUT2D eigenvalue weighted by Gasteiger charge is 2.21. The van der Waals surface area contributed by atoms with Gasteiger partial charge >= 0.3 is 0 Å². The summed E-state index contributed by atoms with van der Waals surface area (Å²) < 4.78 is 12.9. The third kappa shape index (κ3) is 4.12. The van der Waals surface area contributed by atoms with Crippen LogP contribution in [-0.4, -0.2) is 35.4 Å². The molecule has 1 amide bonds. The number of aromatic nitrogens is 2. The third-order valence-corrected chi connectivity index (χ3v) is 4.86. The fraction of sp³-hybridized carbons (Fsp3) is 0.474. The minimum Gasteiger partial charge on any atom is -0.486 e. The van der Waals surface area contributed by atoms with Gasteiger partial charge in [0.05, 0.1) is 11.4 Å². The Hall–Kier alpha value is -2.21. The van der Waals surface area contributed by atoms with Crippen molar-refractivity contribution in [2.45, 2.75) is 26.2 Å². The molecule has 1 aliphatic heterocycles. The lowest BCUT2D eigenvalue weighted by Gasteiger charge is -2.22. The molecule has 1 N–H and O–H groups in total. The van der Waals surface area contributed by atoms with Crippen LogP contribution >= 0.6 is 11.6 Å². The van der Waals surface area contributed by atoms with Crippen LogP contribution in [0.1, 0.15) is 31.0 Å². The van der Waals surface area contributed by atoms with E-state index in [0.29, 0.717) is 42.2 Å². The van der Waals surface area contributed by atoms with Gasteiger partial charge in [-0.3, -0.25) is 9.48 Å². The molecule has 1 atom stereocenters. The molecule has 0 spiro atoms. The second kappa shape index (κ2) is 7.99. The normalized spacial score (nSPS) is 14.3. The number of aryl methyl sites for hydroxylation is 1. The van der Waals surface area contributed by atoms with Crippen LogP contribution in [0.25, 0.3) is 0 Å². The first-order chi connectivity index (χ1) is 12.5. The summed E-state index contributed by atoms with van der Waals surface area (Å²) >= 11 is 6.24. The summed E-state index contributed by atoms with van der Waals surface area (Å²) in [6.45, 7) is 5.82. The zero-order chi connectivity index (χ0) is 18.7. The van der Waals surface area contributed by atoms with Crippen LogP contribution in [0.4, 0.5) is 0 Å². The van der Waals surface area contributed by atoms with E-state index in [1.165, 1.54) is 0 Å². The fourth-order valence-corrected chi connectivity index (χ4v) is 3.46. The topological polar surface area (TPSA) is 65.4 Å². The van der Waals surface area contributed by atoms with E-state index in [-0.39, 0.29) is 18.2 Å². The van der Waals surface area contributed by atoms with Crippen molar-refractivity contribution in [2.24, 2.45) is 13.0 Å². The van der Waals surface area contributed by atoms with Gasteiger partial charge in [0, 0.05) is 31.4 Å². The van der Waals surface area contributed by atoms with E-state index >= 15 is 0 Å². The molecule has 1 aromatic carbocycles. The number of benzene rings is 1. The lowest BCUT2D eigenvalue weighted by molar-refractivity contribution is -0.120. The molecule has 0 radical (unpaired) electrons. The lowest BCUT2D eigenvalue weighted by Crippen LogP contribution is -2.32. The number of hydrogen-bond donors (Lipinski definition) is 1. The Balaban J connectivity index is 1.63. The van der Waals surface area contributed by atoms with Crippen LogP contribution < -0.4 is 14.8 Å². The van der Waals surface area contributed by atoms with Gasteiger partial charge in [-0.05, 0) is 29.7 Å². The number of carbonyl (C=O) groups excluding carboxylic acids is 1. The van der Waals surface area contributed by atoms with E-state index in [1.807, 2.05) is 23.9 Å². The predicted octanol–water partition coefficient (Wildman–Crippen LogP) is 2.94. The zero-order valence-corrected chi connectivity index (χ0v) is 16.0. The van der Waals surface area contributed by atoms with Crippen molar-refractivity contribution < 1.29 is 14.3 Å². The van der Waals surface area contributed by atoms with Crippen LogP contribution in [-0.2, 0) is 18.3 Å². The van der Waals surface area contributed by atoms with Crippen molar-refractivity contribution in [3.8, 4) is 11.5 Å². The first-order valence-corrected chi connectivity index (χ1v) is 9.16. The average molecular weight is 378 g/mol. The van der Waals surface area contributed by atoms with Crippen molar-refractivity contribution in [3.05, 3.63) is 40.7 Å². The largest absolute Gasteiger partial charge is 0.486 e. The Morgan fingerprint density at radius 2 is 2.12 bits per heavy atom. The molecule has 2 aromatic rings. The number of halogens is 1. The van der Waals surface area contributed by atoms with Crippen LogP contribution in [0.3, 0.4) is 0 Å². The summed E-state index contributed by atoms with van der Waals surface area (Å²) in [6, 6.07) is 5.58.